The van der Waals surface area contributed by atoms with Crippen molar-refractivity contribution in [2.45, 2.75) is 33.1 Å². The zero-order valence-corrected chi connectivity index (χ0v) is 8.95. The SMILES string of the molecule is CC(C)CCC1CC=CC2=C1OCO2. The topological polar surface area (TPSA) is 18.5 Å². The molecule has 0 bridgehead atoms. The average molecular weight is 194 g/mol. The van der Waals surface area contributed by atoms with Crippen LogP contribution in [0.15, 0.2) is 23.7 Å². The van der Waals surface area contributed by atoms with Crippen LogP contribution in [-0.4, -0.2) is 6.79 Å². The molecule has 2 rings (SSSR count). The minimum Gasteiger partial charge on any atom is -0.458 e. The Kier molecular flexibility index (Phi) is 2.80. The van der Waals surface area contributed by atoms with Gasteiger partial charge in [0.2, 0.25) is 6.79 Å². The summed E-state index contributed by atoms with van der Waals surface area (Å²) in [5.74, 6) is 3.38. The molecule has 78 valence electrons. The van der Waals surface area contributed by atoms with E-state index in [-0.39, 0.29) is 0 Å². The first-order chi connectivity index (χ1) is 6.77. The van der Waals surface area contributed by atoms with Crippen molar-refractivity contribution in [3.05, 3.63) is 23.7 Å². The van der Waals surface area contributed by atoms with Gasteiger partial charge in [-0.25, -0.2) is 0 Å². The second-order valence-electron chi connectivity index (χ2n) is 4.44. The van der Waals surface area contributed by atoms with Crippen LogP contribution in [0.3, 0.4) is 0 Å². The van der Waals surface area contributed by atoms with E-state index in [0.29, 0.717) is 12.7 Å². The quantitative estimate of drug-likeness (QED) is 0.686. The molecule has 0 aromatic carbocycles. The third kappa shape index (κ3) is 1.94. The predicted molar refractivity (Wildman–Crippen MR) is 55.4 cm³/mol. The minimum atomic E-state index is 0.410. The minimum absolute atomic E-state index is 0.410. The van der Waals surface area contributed by atoms with Crippen LogP contribution in [0, 0.1) is 11.8 Å². The highest BCUT2D eigenvalue weighted by Crippen LogP contribution is 2.34. The van der Waals surface area contributed by atoms with Gasteiger partial charge in [-0.15, -0.1) is 0 Å². The first-order valence-electron chi connectivity index (χ1n) is 5.43. The van der Waals surface area contributed by atoms with E-state index in [0.717, 1.165) is 23.9 Å². The van der Waals surface area contributed by atoms with Gasteiger partial charge in [0.25, 0.3) is 0 Å². The number of hydrogen-bond acceptors (Lipinski definition) is 2. The molecule has 1 heterocycles. The van der Waals surface area contributed by atoms with Gasteiger partial charge in [0.1, 0.15) is 5.76 Å². The third-order valence-electron chi connectivity index (χ3n) is 2.82. The Morgan fingerprint density at radius 3 is 3.07 bits per heavy atom. The van der Waals surface area contributed by atoms with Crippen LogP contribution in [-0.2, 0) is 9.47 Å². The summed E-state index contributed by atoms with van der Waals surface area (Å²) >= 11 is 0. The van der Waals surface area contributed by atoms with E-state index in [4.69, 9.17) is 9.47 Å². The first kappa shape index (κ1) is 9.63. The summed E-state index contributed by atoms with van der Waals surface area (Å²) in [5.41, 5.74) is 0. The summed E-state index contributed by atoms with van der Waals surface area (Å²) < 4.78 is 10.9. The fraction of sp³-hybridized carbons (Fsp3) is 0.667. The van der Waals surface area contributed by atoms with Crippen LogP contribution in [0.1, 0.15) is 33.1 Å². The van der Waals surface area contributed by atoms with E-state index < -0.39 is 0 Å². The van der Waals surface area contributed by atoms with E-state index in [2.05, 4.69) is 19.9 Å². The van der Waals surface area contributed by atoms with Crippen molar-refractivity contribution in [3.8, 4) is 0 Å². The van der Waals surface area contributed by atoms with E-state index in [1.807, 2.05) is 6.08 Å². The molecule has 14 heavy (non-hydrogen) atoms. The smallest absolute Gasteiger partial charge is 0.230 e. The van der Waals surface area contributed by atoms with Gasteiger partial charge in [0.05, 0.1) is 0 Å². The van der Waals surface area contributed by atoms with Crippen molar-refractivity contribution >= 4 is 0 Å². The molecule has 2 heteroatoms. The van der Waals surface area contributed by atoms with E-state index in [1.165, 1.54) is 12.8 Å². The monoisotopic (exact) mass is 194 g/mol. The third-order valence-corrected chi connectivity index (χ3v) is 2.82. The van der Waals surface area contributed by atoms with E-state index >= 15 is 0 Å². The Morgan fingerprint density at radius 1 is 1.43 bits per heavy atom. The van der Waals surface area contributed by atoms with Crippen LogP contribution in [0.25, 0.3) is 0 Å². The number of hydrogen-bond donors (Lipinski definition) is 0. The molecule has 0 aromatic heterocycles. The molecular weight excluding hydrogens is 176 g/mol. The van der Waals surface area contributed by atoms with Crippen LogP contribution in [0.4, 0.5) is 0 Å². The lowest BCUT2D eigenvalue weighted by Gasteiger charge is -2.18. The fourth-order valence-corrected chi connectivity index (χ4v) is 1.98. The van der Waals surface area contributed by atoms with Crippen molar-refractivity contribution in [3.63, 3.8) is 0 Å². The number of rotatable bonds is 3. The molecule has 0 amide bonds. The maximum Gasteiger partial charge on any atom is 0.230 e. The number of ether oxygens (including phenoxy) is 2. The molecule has 1 aliphatic carbocycles. The average Bonchev–Trinajstić information content (AvgIpc) is 2.62. The van der Waals surface area contributed by atoms with E-state index in [9.17, 15) is 0 Å². The molecule has 0 aromatic rings. The maximum absolute atomic E-state index is 5.51. The van der Waals surface area contributed by atoms with Crippen molar-refractivity contribution in [1.29, 1.82) is 0 Å². The van der Waals surface area contributed by atoms with Crippen molar-refractivity contribution in [1.82, 2.24) is 0 Å². The van der Waals surface area contributed by atoms with Gasteiger partial charge in [0, 0.05) is 5.92 Å². The van der Waals surface area contributed by atoms with Crippen LogP contribution >= 0.6 is 0 Å². The fourth-order valence-electron chi connectivity index (χ4n) is 1.98. The normalized spacial score (nSPS) is 24.9. The summed E-state index contributed by atoms with van der Waals surface area (Å²) in [6, 6.07) is 0. The van der Waals surface area contributed by atoms with Gasteiger partial charge in [-0.1, -0.05) is 26.3 Å². The summed E-state index contributed by atoms with van der Waals surface area (Å²) in [7, 11) is 0. The lowest BCUT2D eigenvalue weighted by Crippen LogP contribution is -2.09. The highest BCUT2D eigenvalue weighted by atomic mass is 16.7. The molecule has 0 N–H and O–H groups in total. The Balaban J connectivity index is 1.96. The zero-order chi connectivity index (χ0) is 9.97. The lowest BCUT2D eigenvalue weighted by molar-refractivity contribution is 0.0656. The molecule has 2 aliphatic rings. The lowest BCUT2D eigenvalue weighted by atomic mass is 9.90. The summed E-state index contributed by atoms with van der Waals surface area (Å²) in [6.45, 7) is 4.94. The molecule has 0 fully saturated rings. The van der Waals surface area contributed by atoms with Crippen molar-refractivity contribution < 1.29 is 9.47 Å². The molecule has 0 spiro atoms. The Bertz CT molecular complexity index is 263. The molecular formula is C12H18O2. The van der Waals surface area contributed by atoms with Gasteiger partial charge in [-0.05, 0) is 24.8 Å². The molecule has 0 saturated carbocycles. The molecule has 0 radical (unpaired) electrons. The molecule has 2 nitrogen and oxygen atoms in total. The highest BCUT2D eigenvalue weighted by Gasteiger charge is 2.26. The summed E-state index contributed by atoms with van der Waals surface area (Å²) in [5, 5.41) is 0. The number of allylic oxidation sites excluding steroid dienone is 3. The van der Waals surface area contributed by atoms with E-state index in [1.54, 1.807) is 0 Å². The van der Waals surface area contributed by atoms with Crippen LogP contribution < -0.4 is 0 Å². The first-order valence-corrected chi connectivity index (χ1v) is 5.43. The summed E-state index contributed by atoms with van der Waals surface area (Å²) in [4.78, 5) is 0. The standard InChI is InChI=1S/C12H18O2/c1-9(2)6-7-10-4-3-5-11-12(10)14-8-13-11/h3,5,9-10H,4,6-8H2,1-2H3. The largest absolute Gasteiger partial charge is 0.458 e. The predicted octanol–water partition coefficient (Wildman–Crippen LogP) is 3.21. The van der Waals surface area contributed by atoms with Crippen molar-refractivity contribution in [2.75, 3.05) is 6.79 Å². The van der Waals surface area contributed by atoms with Gasteiger partial charge >= 0.3 is 0 Å². The second-order valence-corrected chi connectivity index (χ2v) is 4.44. The Morgan fingerprint density at radius 2 is 2.29 bits per heavy atom. The van der Waals surface area contributed by atoms with Gasteiger partial charge in [-0.2, -0.15) is 0 Å². The Labute approximate surface area is 85.6 Å². The zero-order valence-electron chi connectivity index (χ0n) is 8.95. The highest BCUT2D eigenvalue weighted by molar-refractivity contribution is 5.24. The summed E-state index contributed by atoms with van der Waals surface area (Å²) in [6.07, 6.45) is 7.81. The van der Waals surface area contributed by atoms with Crippen molar-refractivity contribution in [2.24, 2.45) is 11.8 Å². The molecule has 1 atom stereocenters. The van der Waals surface area contributed by atoms with Gasteiger partial charge < -0.3 is 9.47 Å². The molecule has 1 aliphatic heterocycles. The van der Waals surface area contributed by atoms with Crippen LogP contribution in [0.5, 0.6) is 0 Å². The maximum atomic E-state index is 5.51. The van der Waals surface area contributed by atoms with Gasteiger partial charge in [-0.3, -0.25) is 0 Å². The Hall–Kier alpha value is -0.920. The molecule has 0 saturated heterocycles. The second kappa shape index (κ2) is 4.07. The van der Waals surface area contributed by atoms with Crippen LogP contribution in [0.2, 0.25) is 0 Å². The molecule has 1 unspecified atom stereocenters. The van der Waals surface area contributed by atoms with Gasteiger partial charge in [0.15, 0.2) is 5.76 Å².